The van der Waals surface area contributed by atoms with E-state index in [2.05, 4.69) is 20.1 Å². The van der Waals surface area contributed by atoms with E-state index in [1.54, 1.807) is 11.1 Å². The van der Waals surface area contributed by atoms with Crippen molar-refractivity contribution in [2.24, 2.45) is 0 Å². The number of hydrogen-bond donors (Lipinski definition) is 0. The molecule has 4 rings (SSSR count). The van der Waals surface area contributed by atoms with Crippen LogP contribution in [0.2, 0.25) is 0 Å². The molecule has 3 heterocycles. The number of carbonyl (C=O) groups excluding carboxylic acids is 1. The summed E-state index contributed by atoms with van der Waals surface area (Å²) in [5, 5.41) is 4.08. The van der Waals surface area contributed by atoms with Gasteiger partial charge >= 0.3 is 0 Å². The van der Waals surface area contributed by atoms with Gasteiger partial charge in [0.15, 0.2) is 0 Å². The molecule has 1 saturated heterocycles. The number of piperidine rings is 1. The van der Waals surface area contributed by atoms with Gasteiger partial charge < -0.3 is 9.42 Å². The summed E-state index contributed by atoms with van der Waals surface area (Å²) < 4.78 is 5.45. The molecule has 0 bridgehead atoms. The van der Waals surface area contributed by atoms with Crippen molar-refractivity contribution in [1.29, 1.82) is 0 Å². The van der Waals surface area contributed by atoms with Crippen LogP contribution in [-0.4, -0.2) is 44.0 Å². The molecule has 1 aliphatic heterocycles. The summed E-state index contributed by atoms with van der Waals surface area (Å²) in [6.45, 7) is 1.28. The van der Waals surface area contributed by atoms with Gasteiger partial charge in [0, 0.05) is 37.0 Å². The number of likely N-dealkylation sites (tertiary alicyclic amines) is 1. The molecule has 3 aromatic rings. The molecule has 0 unspecified atom stereocenters. The van der Waals surface area contributed by atoms with Crippen LogP contribution in [0.4, 0.5) is 0 Å². The van der Waals surface area contributed by atoms with Crippen molar-refractivity contribution in [2.45, 2.75) is 18.8 Å². The highest BCUT2D eigenvalue weighted by atomic mass is 16.5. The van der Waals surface area contributed by atoms with Crippen LogP contribution in [0.1, 0.15) is 35.1 Å². The minimum atomic E-state index is -0.0814. The second kappa shape index (κ2) is 6.80. The van der Waals surface area contributed by atoms with E-state index in [1.165, 1.54) is 12.4 Å². The fraction of sp³-hybridized carbons (Fsp3) is 0.278. The zero-order valence-electron chi connectivity index (χ0n) is 13.6. The number of rotatable bonds is 3. The zero-order chi connectivity index (χ0) is 17.1. The lowest BCUT2D eigenvalue weighted by molar-refractivity contribution is 0.0698. The van der Waals surface area contributed by atoms with Gasteiger partial charge in [-0.15, -0.1) is 0 Å². The quantitative estimate of drug-likeness (QED) is 0.731. The Morgan fingerprint density at radius 2 is 1.92 bits per heavy atom. The van der Waals surface area contributed by atoms with E-state index in [-0.39, 0.29) is 11.8 Å². The second-order valence-electron chi connectivity index (χ2n) is 5.98. The lowest BCUT2D eigenvalue weighted by Crippen LogP contribution is -2.38. The van der Waals surface area contributed by atoms with Gasteiger partial charge in [0.2, 0.25) is 11.7 Å². The fourth-order valence-electron chi connectivity index (χ4n) is 3.01. The first-order chi connectivity index (χ1) is 12.3. The maximum Gasteiger partial charge on any atom is 0.274 e. The predicted molar refractivity (Wildman–Crippen MR) is 89.6 cm³/mol. The van der Waals surface area contributed by atoms with Gasteiger partial charge in [0.05, 0.1) is 6.20 Å². The van der Waals surface area contributed by atoms with E-state index in [0.717, 1.165) is 18.4 Å². The molecular formula is C18H17N5O2. The summed E-state index contributed by atoms with van der Waals surface area (Å²) in [6, 6.07) is 9.76. The number of nitrogens with zero attached hydrogens (tertiary/aromatic N) is 5. The molecule has 0 atom stereocenters. The summed E-state index contributed by atoms with van der Waals surface area (Å²) in [5.74, 6) is 1.34. The summed E-state index contributed by atoms with van der Waals surface area (Å²) >= 11 is 0. The van der Waals surface area contributed by atoms with Crippen LogP contribution in [-0.2, 0) is 0 Å². The minimum absolute atomic E-state index is 0.0814. The monoisotopic (exact) mass is 335 g/mol. The average molecular weight is 335 g/mol. The van der Waals surface area contributed by atoms with Crippen molar-refractivity contribution in [1.82, 2.24) is 25.0 Å². The third-order valence-corrected chi connectivity index (χ3v) is 4.39. The normalized spacial score (nSPS) is 15.3. The van der Waals surface area contributed by atoms with Gasteiger partial charge in [0.25, 0.3) is 5.91 Å². The van der Waals surface area contributed by atoms with E-state index >= 15 is 0 Å². The van der Waals surface area contributed by atoms with Gasteiger partial charge in [-0.1, -0.05) is 35.5 Å². The molecule has 1 fully saturated rings. The molecule has 1 aromatic carbocycles. The highest BCUT2D eigenvalue weighted by molar-refractivity contribution is 5.92. The summed E-state index contributed by atoms with van der Waals surface area (Å²) in [5.41, 5.74) is 1.32. The second-order valence-corrected chi connectivity index (χ2v) is 5.98. The molecular weight excluding hydrogens is 318 g/mol. The Labute approximate surface area is 144 Å². The number of amides is 1. The molecule has 126 valence electrons. The van der Waals surface area contributed by atoms with Gasteiger partial charge in [-0.05, 0) is 12.8 Å². The van der Waals surface area contributed by atoms with E-state index in [0.29, 0.717) is 30.5 Å². The van der Waals surface area contributed by atoms with E-state index in [9.17, 15) is 4.79 Å². The van der Waals surface area contributed by atoms with Crippen molar-refractivity contribution < 1.29 is 9.32 Å². The summed E-state index contributed by atoms with van der Waals surface area (Å²) in [4.78, 5) is 26.8. The maximum absolute atomic E-state index is 12.4. The average Bonchev–Trinajstić information content (AvgIpc) is 3.19. The molecule has 0 saturated carbocycles. The van der Waals surface area contributed by atoms with Crippen molar-refractivity contribution in [3.05, 3.63) is 60.5 Å². The van der Waals surface area contributed by atoms with Crippen LogP contribution < -0.4 is 0 Å². The van der Waals surface area contributed by atoms with Crippen LogP contribution in [0.3, 0.4) is 0 Å². The van der Waals surface area contributed by atoms with E-state index in [4.69, 9.17) is 4.52 Å². The largest absolute Gasteiger partial charge is 0.339 e. The third-order valence-electron chi connectivity index (χ3n) is 4.39. The Hall–Kier alpha value is -3.09. The van der Waals surface area contributed by atoms with Gasteiger partial charge in [-0.25, -0.2) is 4.98 Å². The fourth-order valence-corrected chi connectivity index (χ4v) is 3.01. The van der Waals surface area contributed by atoms with Crippen LogP contribution >= 0.6 is 0 Å². The molecule has 0 radical (unpaired) electrons. The number of benzene rings is 1. The number of carbonyl (C=O) groups is 1. The molecule has 1 amide bonds. The minimum Gasteiger partial charge on any atom is -0.339 e. The van der Waals surface area contributed by atoms with Crippen LogP contribution in [0.25, 0.3) is 11.4 Å². The highest BCUT2D eigenvalue weighted by Gasteiger charge is 2.28. The number of aromatic nitrogens is 4. The molecule has 7 heteroatoms. The molecule has 0 spiro atoms. The Morgan fingerprint density at radius 1 is 1.12 bits per heavy atom. The SMILES string of the molecule is O=C(c1cnccn1)N1CCC(c2nc(-c3ccccc3)no2)CC1. The number of hydrogen-bond acceptors (Lipinski definition) is 6. The predicted octanol–water partition coefficient (Wildman–Crippen LogP) is 2.55. The van der Waals surface area contributed by atoms with Gasteiger partial charge in [-0.2, -0.15) is 4.98 Å². The highest BCUT2D eigenvalue weighted by Crippen LogP contribution is 2.28. The molecule has 0 aliphatic carbocycles. The van der Waals surface area contributed by atoms with E-state index in [1.807, 2.05) is 30.3 Å². The van der Waals surface area contributed by atoms with Crippen molar-refractivity contribution >= 4 is 5.91 Å². The van der Waals surface area contributed by atoms with Crippen LogP contribution in [0.5, 0.6) is 0 Å². The Kier molecular flexibility index (Phi) is 4.20. The Balaban J connectivity index is 1.41. The molecule has 2 aromatic heterocycles. The van der Waals surface area contributed by atoms with Crippen molar-refractivity contribution in [2.75, 3.05) is 13.1 Å². The van der Waals surface area contributed by atoms with Crippen molar-refractivity contribution in [3.8, 4) is 11.4 Å². The summed E-state index contributed by atoms with van der Waals surface area (Å²) in [6.07, 6.45) is 6.18. The Bertz CT molecular complexity index is 842. The molecule has 1 aliphatic rings. The Morgan fingerprint density at radius 3 is 2.64 bits per heavy atom. The third kappa shape index (κ3) is 3.26. The van der Waals surface area contributed by atoms with E-state index < -0.39 is 0 Å². The lowest BCUT2D eigenvalue weighted by Gasteiger charge is -2.30. The van der Waals surface area contributed by atoms with Gasteiger partial charge in [0.1, 0.15) is 5.69 Å². The first-order valence-electron chi connectivity index (χ1n) is 8.25. The standard InChI is InChI=1S/C18H17N5O2/c24-18(15-12-19-8-9-20-15)23-10-6-14(7-11-23)17-21-16(22-25-17)13-4-2-1-3-5-13/h1-5,8-9,12,14H,6-7,10-11H2. The van der Waals surface area contributed by atoms with Crippen LogP contribution in [0.15, 0.2) is 53.4 Å². The maximum atomic E-state index is 12.4. The molecule has 25 heavy (non-hydrogen) atoms. The molecule has 7 nitrogen and oxygen atoms in total. The smallest absolute Gasteiger partial charge is 0.274 e. The molecule has 0 N–H and O–H groups in total. The first-order valence-corrected chi connectivity index (χ1v) is 8.25. The summed E-state index contributed by atoms with van der Waals surface area (Å²) in [7, 11) is 0. The van der Waals surface area contributed by atoms with Crippen molar-refractivity contribution in [3.63, 3.8) is 0 Å². The van der Waals surface area contributed by atoms with Crippen LogP contribution in [0, 0.1) is 0 Å². The lowest BCUT2D eigenvalue weighted by atomic mass is 9.96. The zero-order valence-corrected chi connectivity index (χ0v) is 13.6. The van der Waals surface area contributed by atoms with Gasteiger partial charge in [-0.3, -0.25) is 9.78 Å². The topological polar surface area (TPSA) is 85.0 Å². The first kappa shape index (κ1) is 15.4.